The number of nitrogens with zero attached hydrogens (tertiary/aromatic N) is 1. The molecule has 0 saturated carbocycles. The Labute approximate surface area is 83.9 Å². The maximum absolute atomic E-state index is 10.8. The number of carbonyl (C=O) groups is 1. The highest BCUT2D eigenvalue weighted by Crippen LogP contribution is 2.12. The van der Waals surface area contributed by atoms with Crippen LogP contribution in [0.2, 0.25) is 0 Å². The van der Waals surface area contributed by atoms with Crippen molar-refractivity contribution in [2.75, 3.05) is 19.0 Å². The molecule has 1 aromatic rings. The summed E-state index contributed by atoms with van der Waals surface area (Å²) in [4.78, 5) is 12.7. The minimum Gasteiger partial charge on any atom is -0.378 e. The Morgan fingerprint density at radius 3 is 2.46 bits per heavy atom. The molecule has 0 aromatic heterocycles. The average Bonchev–Trinajstić information content (AvgIpc) is 2.04. The number of primary amides is 1. The quantitative estimate of drug-likeness (QED) is 0.782. The zero-order valence-electron chi connectivity index (χ0n) is 7.65. The van der Waals surface area contributed by atoms with E-state index in [-0.39, 0.29) is 12.4 Å². The maximum Gasteiger partial charge on any atom is 0.248 e. The summed E-state index contributed by atoms with van der Waals surface area (Å²) in [5, 5.41) is 0. The lowest BCUT2D eigenvalue weighted by molar-refractivity contribution is 0.100. The first-order chi connectivity index (χ1) is 5.61. The summed E-state index contributed by atoms with van der Waals surface area (Å²) in [6, 6.07) is 7.21. The summed E-state index contributed by atoms with van der Waals surface area (Å²) < 4.78 is 0. The van der Waals surface area contributed by atoms with Gasteiger partial charge in [-0.1, -0.05) is 6.07 Å². The topological polar surface area (TPSA) is 46.3 Å². The van der Waals surface area contributed by atoms with Crippen molar-refractivity contribution in [2.24, 2.45) is 5.73 Å². The Kier molecular flexibility index (Phi) is 4.28. The molecule has 0 aliphatic heterocycles. The highest BCUT2D eigenvalue weighted by atomic mass is 35.5. The summed E-state index contributed by atoms with van der Waals surface area (Å²) in [6.45, 7) is 0. The van der Waals surface area contributed by atoms with Gasteiger partial charge < -0.3 is 10.6 Å². The van der Waals surface area contributed by atoms with Gasteiger partial charge in [-0.25, -0.2) is 0 Å². The van der Waals surface area contributed by atoms with Crippen LogP contribution < -0.4 is 10.6 Å². The van der Waals surface area contributed by atoms with Gasteiger partial charge in [-0.2, -0.15) is 0 Å². The molecular formula is C9H13ClN2O. The van der Waals surface area contributed by atoms with Crippen LogP contribution in [0, 0.1) is 0 Å². The molecule has 2 N–H and O–H groups in total. The molecule has 0 atom stereocenters. The molecular weight excluding hydrogens is 188 g/mol. The molecule has 0 aliphatic carbocycles. The Hall–Kier alpha value is -1.22. The Morgan fingerprint density at radius 1 is 1.38 bits per heavy atom. The zero-order chi connectivity index (χ0) is 9.14. The molecule has 13 heavy (non-hydrogen) atoms. The molecule has 0 heterocycles. The summed E-state index contributed by atoms with van der Waals surface area (Å²) in [5.41, 5.74) is 6.65. The molecule has 1 aromatic carbocycles. The average molecular weight is 201 g/mol. The summed E-state index contributed by atoms with van der Waals surface area (Å²) in [5.74, 6) is -0.390. The monoisotopic (exact) mass is 200 g/mol. The second-order valence-corrected chi connectivity index (χ2v) is 2.81. The molecule has 0 radical (unpaired) electrons. The van der Waals surface area contributed by atoms with Crippen molar-refractivity contribution in [2.45, 2.75) is 0 Å². The SMILES string of the molecule is CN(C)c1cccc(C(N)=O)c1.Cl. The van der Waals surface area contributed by atoms with E-state index in [4.69, 9.17) is 5.73 Å². The predicted molar refractivity (Wildman–Crippen MR) is 56.5 cm³/mol. The van der Waals surface area contributed by atoms with Gasteiger partial charge in [0.25, 0.3) is 0 Å². The van der Waals surface area contributed by atoms with Gasteiger partial charge in [0.15, 0.2) is 0 Å². The number of nitrogens with two attached hydrogens (primary N) is 1. The number of rotatable bonds is 2. The van der Waals surface area contributed by atoms with Crippen molar-refractivity contribution in [3.05, 3.63) is 29.8 Å². The van der Waals surface area contributed by atoms with E-state index >= 15 is 0 Å². The van der Waals surface area contributed by atoms with Crippen molar-refractivity contribution in [1.82, 2.24) is 0 Å². The van der Waals surface area contributed by atoms with Crippen LogP contribution in [0.5, 0.6) is 0 Å². The highest BCUT2D eigenvalue weighted by Gasteiger charge is 2.01. The first-order valence-electron chi connectivity index (χ1n) is 3.68. The molecule has 3 nitrogen and oxygen atoms in total. The minimum atomic E-state index is -0.390. The van der Waals surface area contributed by atoms with E-state index in [9.17, 15) is 4.79 Å². The first-order valence-corrected chi connectivity index (χ1v) is 3.68. The van der Waals surface area contributed by atoms with Crippen LogP contribution in [0.3, 0.4) is 0 Å². The van der Waals surface area contributed by atoms with Crippen molar-refractivity contribution >= 4 is 24.0 Å². The van der Waals surface area contributed by atoms with Crippen molar-refractivity contribution in [3.8, 4) is 0 Å². The number of hydrogen-bond donors (Lipinski definition) is 1. The minimum absolute atomic E-state index is 0. The van der Waals surface area contributed by atoms with Gasteiger partial charge in [0.1, 0.15) is 0 Å². The van der Waals surface area contributed by atoms with Gasteiger partial charge in [-0.05, 0) is 18.2 Å². The second kappa shape index (κ2) is 4.72. The number of carbonyl (C=O) groups excluding carboxylic acids is 1. The van der Waals surface area contributed by atoms with Gasteiger partial charge >= 0.3 is 0 Å². The van der Waals surface area contributed by atoms with Gasteiger partial charge in [0.2, 0.25) is 5.91 Å². The molecule has 0 saturated heterocycles. The molecule has 0 fully saturated rings. The lowest BCUT2D eigenvalue weighted by Crippen LogP contribution is -2.13. The van der Waals surface area contributed by atoms with E-state index in [0.717, 1.165) is 5.69 Å². The summed E-state index contributed by atoms with van der Waals surface area (Å²) >= 11 is 0. The molecule has 0 aliphatic rings. The second-order valence-electron chi connectivity index (χ2n) is 2.81. The normalized spacial score (nSPS) is 8.77. The molecule has 0 bridgehead atoms. The van der Waals surface area contributed by atoms with Gasteiger partial charge in [-0.15, -0.1) is 12.4 Å². The maximum atomic E-state index is 10.8. The fraction of sp³-hybridized carbons (Fsp3) is 0.222. The molecule has 1 rings (SSSR count). The largest absolute Gasteiger partial charge is 0.378 e. The number of hydrogen-bond acceptors (Lipinski definition) is 2. The Balaban J connectivity index is 0.00000144. The van der Waals surface area contributed by atoms with Crippen LogP contribution in [0.1, 0.15) is 10.4 Å². The van der Waals surface area contributed by atoms with E-state index in [0.29, 0.717) is 5.56 Å². The number of amides is 1. The third-order valence-corrected chi connectivity index (χ3v) is 1.65. The molecule has 1 amide bonds. The van der Waals surface area contributed by atoms with Crippen LogP contribution >= 0.6 is 12.4 Å². The fourth-order valence-electron chi connectivity index (χ4n) is 0.937. The van der Waals surface area contributed by atoms with Crippen LogP contribution in [0.25, 0.3) is 0 Å². The lowest BCUT2D eigenvalue weighted by Gasteiger charge is -2.12. The van der Waals surface area contributed by atoms with Crippen molar-refractivity contribution in [3.63, 3.8) is 0 Å². The van der Waals surface area contributed by atoms with Gasteiger partial charge in [0.05, 0.1) is 0 Å². The summed E-state index contributed by atoms with van der Waals surface area (Å²) in [6.07, 6.45) is 0. The molecule has 72 valence electrons. The van der Waals surface area contributed by atoms with E-state index in [1.54, 1.807) is 12.1 Å². The van der Waals surface area contributed by atoms with Gasteiger partial charge in [-0.3, -0.25) is 4.79 Å². The van der Waals surface area contributed by atoms with Crippen LogP contribution in [0.15, 0.2) is 24.3 Å². The van der Waals surface area contributed by atoms with Gasteiger partial charge in [0, 0.05) is 25.3 Å². The molecule has 0 spiro atoms. The Bertz CT molecular complexity index is 299. The number of anilines is 1. The highest BCUT2D eigenvalue weighted by molar-refractivity contribution is 5.93. The van der Waals surface area contributed by atoms with Crippen molar-refractivity contribution < 1.29 is 4.79 Å². The molecule has 4 heteroatoms. The van der Waals surface area contributed by atoms with Crippen LogP contribution in [-0.2, 0) is 0 Å². The smallest absolute Gasteiger partial charge is 0.248 e. The van der Waals surface area contributed by atoms with E-state index < -0.39 is 5.91 Å². The molecule has 0 unspecified atom stereocenters. The van der Waals surface area contributed by atoms with Crippen LogP contribution in [-0.4, -0.2) is 20.0 Å². The zero-order valence-corrected chi connectivity index (χ0v) is 8.47. The fourth-order valence-corrected chi connectivity index (χ4v) is 0.937. The van der Waals surface area contributed by atoms with E-state index in [1.165, 1.54) is 0 Å². The number of benzene rings is 1. The Morgan fingerprint density at radius 2 is 2.00 bits per heavy atom. The van der Waals surface area contributed by atoms with E-state index in [1.807, 2.05) is 31.1 Å². The number of halogens is 1. The lowest BCUT2D eigenvalue weighted by atomic mass is 10.2. The van der Waals surface area contributed by atoms with Crippen molar-refractivity contribution in [1.29, 1.82) is 0 Å². The standard InChI is InChI=1S/C9H12N2O.ClH/c1-11(2)8-5-3-4-7(6-8)9(10)12;/h3-6H,1-2H3,(H2,10,12);1H. The van der Waals surface area contributed by atoms with E-state index in [2.05, 4.69) is 0 Å². The predicted octanol–water partition coefficient (Wildman–Crippen LogP) is 1.27. The third kappa shape index (κ3) is 2.95. The third-order valence-electron chi connectivity index (χ3n) is 1.65. The first kappa shape index (κ1) is 11.8. The van der Waals surface area contributed by atoms with Crippen LogP contribution in [0.4, 0.5) is 5.69 Å². The summed E-state index contributed by atoms with van der Waals surface area (Å²) in [7, 11) is 3.83.